The summed E-state index contributed by atoms with van der Waals surface area (Å²) >= 11 is 0. The summed E-state index contributed by atoms with van der Waals surface area (Å²) in [6.45, 7) is 9.69. The van der Waals surface area contributed by atoms with E-state index in [4.69, 9.17) is 4.74 Å². The zero-order chi connectivity index (χ0) is 15.5. The van der Waals surface area contributed by atoms with Crippen molar-refractivity contribution in [2.75, 3.05) is 32.8 Å². The van der Waals surface area contributed by atoms with Crippen LogP contribution in [-0.2, 0) is 14.3 Å². The molecule has 0 aromatic carbocycles. The molecule has 1 heterocycles. The highest BCUT2D eigenvalue weighted by molar-refractivity contribution is 6.35. The standard InChI is InChI=1S/C15H27N3O3/c1-4-21-12-10-11(15(12,2)3)17-13(19)14(20)18-8-5-6-16-7-9-18/h11-12,16H,4-10H2,1-3H3,(H,17,19). The molecule has 120 valence electrons. The van der Waals surface area contributed by atoms with Crippen molar-refractivity contribution in [3.8, 4) is 0 Å². The number of nitrogens with zero attached hydrogens (tertiary/aromatic N) is 1. The molecule has 6 heteroatoms. The first kappa shape index (κ1) is 16.2. The lowest BCUT2D eigenvalue weighted by molar-refractivity contribution is -0.152. The van der Waals surface area contributed by atoms with Crippen LogP contribution in [0, 0.1) is 5.41 Å². The van der Waals surface area contributed by atoms with Crippen LogP contribution in [0.5, 0.6) is 0 Å². The first-order valence-electron chi connectivity index (χ1n) is 7.89. The molecule has 2 N–H and O–H groups in total. The van der Waals surface area contributed by atoms with Gasteiger partial charge in [0.15, 0.2) is 0 Å². The minimum absolute atomic E-state index is 0.00982. The Morgan fingerprint density at radius 3 is 2.76 bits per heavy atom. The van der Waals surface area contributed by atoms with Crippen molar-refractivity contribution < 1.29 is 14.3 Å². The summed E-state index contributed by atoms with van der Waals surface area (Å²) in [5.41, 5.74) is -0.119. The van der Waals surface area contributed by atoms with Crippen LogP contribution in [0.3, 0.4) is 0 Å². The van der Waals surface area contributed by atoms with Crippen LogP contribution >= 0.6 is 0 Å². The number of rotatable bonds is 3. The van der Waals surface area contributed by atoms with E-state index in [1.54, 1.807) is 4.90 Å². The fourth-order valence-corrected chi connectivity index (χ4v) is 3.03. The molecule has 6 nitrogen and oxygen atoms in total. The molecule has 21 heavy (non-hydrogen) atoms. The maximum Gasteiger partial charge on any atom is 0.311 e. The Labute approximate surface area is 126 Å². The Kier molecular flexibility index (Phi) is 5.22. The van der Waals surface area contributed by atoms with E-state index in [-0.39, 0.29) is 17.6 Å². The molecule has 0 spiro atoms. The highest BCUT2D eigenvalue weighted by Gasteiger charge is 2.50. The number of carbonyl (C=O) groups is 2. The van der Waals surface area contributed by atoms with Crippen LogP contribution in [0.1, 0.15) is 33.6 Å². The second-order valence-electron chi connectivity index (χ2n) is 6.42. The highest BCUT2D eigenvalue weighted by atomic mass is 16.5. The molecule has 2 aliphatic rings. The van der Waals surface area contributed by atoms with Crippen molar-refractivity contribution in [2.45, 2.75) is 45.8 Å². The van der Waals surface area contributed by atoms with Gasteiger partial charge in [0.1, 0.15) is 0 Å². The average Bonchev–Trinajstić information content (AvgIpc) is 2.74. The smallest absolute Gasteiger partial charge is 0.311 e. The van der Waals surface area contributed by atoms with Crippen LogP contribution in [-0.4, -0.2) is 61.6 Å². The number of hydrogen-bond acceptors (Lipinski definition) is 4. The molecule has 0 aromatic rings. The van der Waals surface area contributed by atoms with E-state index in [2.05, 4.69) is 24.5 Å². The fourth-order valence-electron chi connectivity index (χ4n) is 3.03. The molecule has 1 saturated heterocycles. The molecule has 1 aliphatic heterocycles. The molecule has 2 fully saturated rings. The van der Waals surface area contributed by atoms with Gasteiger partial charge in [-0.05, 0) is 26.3 Å². The number of ether oxygens (including phenoxy) is 1. The molecule has 0 bridgehead atoms. The van der Waals surface area contributed by atoms with Gasteiger partial charge in [-0.15, -0.1) is 0 Å². The Morgan fingerprint density at radius 2 is 2.10 bits per heavy atom. The number of hydrogen-bond donors (Lipinski definition) is 2. The SMILES string of the molecule is CCOC1CC(NC(=O)C(=O)N2CCCNCC2)C1(C)C. The maximum atomic E-state index is 12.2. The molecule has 2 atom stereocenters. The van der Waals surface area contributed by atoms with E-state index in [1.807, 2.05) is 6.92 Å². The number of carbonyl (C=O) groups excluding carboxylic acids is 2. The Bertz CT molecular complexity index is 390. The van der Waals surface area contributed by atoms with Gasteiger partial charge < -0.3 is 20.3 Å². The van der Waals surface area contributed by atoms with Crippen molar-refractivity contribution in [1.82, 2.24) is 15.5 Å². The summed E-state index contributed by atoms with van der Waals surface area (Å²) in [7, 11) is 0. The van der Waals surface area contributed by atoms with Crippen LogP contribution in [0.25, 0.3) is 0 Å². The second-order valence-corrected chi connectivity index (χ2v) is 6.42. The summed E-state index contributed by atoms with van der Waals surface area (Å²) in [5, 5.41) is 6.11. The van der Waals surface area contributed by atoms with Gasteiger partial charge in [0, 0.05) is 37.7 Å². The minimum atomic E-state index is -0.482. The van der Waals surface area contributed by atoms with Crippen LogP contribution in [0.4, 0.5) is 0 Å². The molecule has 0 radical (unpaired) electrons. The lowest BCUT2D eigenvalue weighted by Crippen LogP contribution is -2.63. The van der Waals surface area contributed by atoms with Crippen molar-refractivity contribution in [1.29, 1.82) is 0 Å². The molecule has 2 rings (SSSR count). The predicted molar refractivity (Wildman–Crippen MR) is 79.8 cm³/mol. The third kappa shape index (κ3) is 3.55. The van der Waals surface area contributed by atoms with E-state index in [9.17, 15) is 9.59 Å². The monoisotopic (exact) mass is 297 g/mol. The van der Waals surface area contributed by atoms with Gasteiger partial charge in [-0.3, -0.25) is 9.59 Å². The van der Waals surface area contributed by atoms with E-state index >= 15 is 0 Å². The summed E-state index contributed by atoms with van der Waals surface area (Å²) in [4.78, 5) is 26.0. The molecule has 1 saturated carbocycles. The quantitative estimate of drug-likeness (QED) is 0.726. The van der Waals surface area contributed by atoms with Gasteiger partial charge in [-0.2, -0.15) is 0 Å². The van der Waals surface area contributed by atoms with Crippen LogP contribution in [0.2, 0.25) is 0 Å². The zero-order valence-corrected chi connectivity index (χ0v) is 13.3. The zero-order valence-electron chi connectivity index (χ0n) is 13.3. The number of amides is 2. The maximum absolute atomic E-state index is 12.2. The second kappa shape index (κ2) is 6.75. The number of nitrogens with one attached hydrogen (secondary N) is 2. The van der Waals surface area contributed by atoms with Gasteiger partial charge in [0.25, 0.3) is 0 Å². The van der Waals surface area contributed by atoms with E-state index in [1.165, 1.54) is 0 Å². The van der Waals surface area contributed by atoms with E-state index < -0.39 is 11.8 Å². The van der Waals surface area contributed by atoms with Crippen LogP contribution in [0.15, 0.2) is 0 Å². The summed E-state index contributed by atoms with van der Waals surface area (Å²) in [6, 6.07) is 0.00982. The van der Waals surface area contributed by atoms with Gasteiger partial charge in [0.05, 0.1) is 6.10 Å². The molecular weight excluding hydrogens is 270 g/mol. The largest absolute Gasteiger partial charge is 0.378 e. The first-order valence-corrected chi connectivity index (χ1v) is 7.89. The molecule has 1 aliphatic carbocycles. The topological polar surface area (TPSA) is 70.7 Å². The Morgan fingerprint density at radius 1 is 1.33 bits per heavy atom. The van der Waals surface area contributed by atoms with Gasteiger partial charge >= 0.3 is 11.8 Å². The average molecular weight is 297 g/mol. The highest BCUT2D eigenvalue weighted by Crippen LogP contribution is 2.42. The van der Waals surface area contributed by atoms with Gasteiger partial charge in [0.2, 0.25) is 0 Å². The Balaban J connectivity index is 1.85. The summed E-state index contributed by atoms with van der Waals surface area (Å²) < 4.78 is 5.64. The van der Waals surface area contributed by atoms with Gasteiger partial charge in [-0.1, -0.05) is 13.8 Å². The molecular formula is C15H27N3O3. The normalized spacial score (nSPS) is 28.4. The van der Waals surface area contributed by atoms with Crippen molar-refractivity contribution >= 4 is 11.8 Å². The van der Waals surface area contributed by atoms with E-state index in [0.29, 0.717) is 19.7 Å². The van der Waals surface area contributed by atoms with Gasteiger partial charge in [-0.25, -0.2) is 0 Å². The lowest BCUT2D eigenvalue weighted by Gasteiger charge is -2.51. The molecule has 2 unspecified atom stereocenters. The summed E-state index contributed by atoms with van der Waals surface area (Å²) in [5.74, 6) is -0.890. The Hall–Kier alpha value is -1.14. The predicted octanol–water partition coefficient (Wildman–Crippen LogP) is 0.128. The van der Waals surface area contributed by atoms with Crippen LogP contribution < -0.4 is 10.6 Å². The van der Waals surface area contributed by atoms with E-state index in [0.717, 1.165) is 25.9 Å². The first-order chi connectivity index (χ1) is 9.96. The molecule has 2 amide bonds. The minimum Gasteiger partial charge on any atom is -0.378 e. The third-order valence-corrected chi connectivity index (χ3v) is 4.67. The summed E-state index contributed by atoms with van der Waals surface area (Å²) in [6.07, 6.45) is 1.83. The third-order valence-electron chi connectivity index (χ3n) is 4.67. The fraction of sp³-hybridized carbons (Fsp3) is 0.867. The lowest BCUT2D eigenvalue weighted by atomic mass is 9.64. The van der Waals surface area contributed by atoms with Crippen molar-refractivity contribution in [3.63, 3.8) is 0 Å². The van der Waals surface area contributed by atoms with Crippen molar-refractivity contribution in [2.24, 2.45) is 5.41 Å². The molecule has 0 aromatic heterocycles. The van der Waals surface area contributed by atoms with Crippen molar-refractivity contribution in [3.05, 3.63) is 0 Å².